The van der Waals surface area contributed by atoms with Crippen LogP contribution in [0, 0.1) is 5.41 Å². The highest BCUT2D eigenvalue weighted by atomic mass is 15.1. The molecule has 2 heteroatoms. The molecule has 2 rings (SSSR count). The zero-order chi connectivity index (χ0) is 14.4. The van der Waals surface area contributed by atoms with Gasteiger partial charge in [-0.05, 0) is 55.4 Å². The maximum atomic E-state index is 3.37. The van der Waals surface area contributed by atoms with Crippen LogP contribution in [0.15, 0.2) is 24.3 Å². The van der Waals surface area contributed by atoms with Crippen LogP contribution in [0.2, 0.25) is 0 Å². The van der Waals surface area contributed by atoms with Gasteiger partial charge in [-0.3, -0.25) is 4.90 Å². The van der Waals surface area contributed by atoms with Crippen LogP contribution in [-0.2, 0) is 13.1 Å². The van der Waals surface area contributed by atoms with Crippen molar-refractivity contribution in [1.82, 2.24) is 10.2 Å². The van der Waals surface area contributed by atoms with E-state index in [0.29, 0.717) is 5.41 Å². The summed E-state index contributed by atoms with van der Waals surface area (Å²) < 4.78 is 0. The van der Waals surface area contributed by atoms with E-state index < -0.39 is 0 Å². The van der Waals surface area contributed by atoms with E-state index in [2.05, 4.69) is 55.3 Å². The molecule has 0 amide bonds. The second-order valence-electron chi connectivity index (χ2n) is 6.89. The third-order valence-electron chi connectivity index (χ3n) is 4.44. The quantitative estimate of drug-likeness (QED) is 0.878. The normalized spacial score (nSPS) is 19.8. The van der Waals surface area contributed by atoms with Gasteiger partial charge in [-0.25, -0.2) is 0 Å². The second-order valence-corrected chi connectivity index (χ2v) is 6.89. The van der Waals surface area contributed by atoms with Gasteiger partial charge in [0.1, 0.15) is 0 Å². The van der Waals surface area contributed by atoms with Crippen LogP contribution in [0.25, 0.3) is 0 Å². The van der Waals surface area contributed by atoms with Crippen LogP contribution in [-0.4, -0.2) is 24.5 Å². The van der Waals surface area contributed by atoms with E-state index in [1.54, 1.807) is 0 Å². The second kappa shape index (κ2) is 7.24. The van der Waals surface area contributed by atoms with E-state index >= 15 is 0 Å². The molecule has 1 N–H and O–H groups in total. The van der Waals surface area contributed by atoms with Crippen molar-refractivity contribution in [3.8, 4) is 0 Å². The molecule has 0 aliphatic carbocycles. The third-order valence-corrected chi connectivity index (χ3v) is 4.44. The standard InChI is InChI=1S/C18H30N2/c1-4-19-14-16-6-8-17(9-7-16)15-20-12-5-10-18(2,3)11-13-20/h6-9,19H,4-5,10-15H2,1-3H3. The summed E-state index contributed by atoms with van der Waals surface area (Å²) >= 11 is 0. The number of likely N-dealkylation sites (tertiary alicyclic amines) is 1. The van der Waals surface area contributed by atoms with Crippen LogP contribution in [0.4, 0.5) is 0 Å². The largest absolute Gasteiger partial charge is 0.313 e. The maximum absolute atomic E-state index is 3.37. The molecular formula is C18H30N2. The molecule has 1 aliphatic heterocycles. The molecule has 0 bridgehead atoms. The first kappa shape index (κ1) is 15.5. The molecule has 1 aromatic rings. The third kappa shape index (κ3) is 4.92. The van der Waals surface area contributed by atoms with Crippen molar-refractivity contribution in [1.29, 1.82) is 0 Å². The van der Waals surface area contributed by atoms with Gasteiger partial charge in [-0.1, -0.05) is 45.0 Å². The summed E-state index contributed by atoms with van der Waals surface area (Å²) in [6.45, 7) is 12.6. The minimum atomic E-state index is 0.532. The molecule has 1 saturated heterocycles. The fourth-order valence-electron chi connectivity index (χ4n) is 2.93. The van der Waals surface area contributed by atoms with E-state index in [4.69, 9.17) is 0 Å². The van der Waals surface area contributed by atoms with Gasteiger partial charge in [0.25, 0.3) is 0 Å². The van der Waals surface area contributed by atoms with Crippen LogP contribution in [0.1, 0.15) is 51.2 Å². The molecule has 1 aliphatic rings. The molecular weight excluding hydrogens is 244 g/mol. The lowest BCUT2D eigenvalue weighted by Crippen LogP contribution is -2.25. The summed E-state index contributed by atoms with van der Waals surface area (Å²) in [6, 6.07) is 9.12. The average Bonchev–Trinajstić information content (AvgIpc) is 2.59. The lowest BCUT2D eigenvalue weighted by Gasteiger charge is -2.23. The fraction of sp³-hybridized carbons (Fsp3) is 0.667. The molecule has 1 aromatic carbocycles. The van der Waals surface area contributed by atoms with Gasteiger partial charge in [-0.15, -0.1) is 0 Å². The molecule has 0 saturated carbocycles. The first-order valence-corrected chi connectivity index (χ1v) is 8.10. The Hall–Kier alpha value is -0.860. The van der Waals surface area contributed by atoms with Gasteiger partial charge in [-0.2, -0.15) is 0 Å². The van der Waals surface area contributed by atoms with Crippen molar-refractivity contribution < 1.29 is 0 Å². The van der Waals surface area contributed by atoms with Crippen molar-refractivity contribution >= 4 is 0 Å². The highest BCUT2D eigenvalue weighted by Gasteiger charge is 2.22. The summed E-state index contributed by atoms with van der Waals surface area (Å²) in [5.41, 5.74) is 3.36. The highest BCUT2D eigenvalue weighted by Crippen LogP contribution is 2.30. The molecule has 1 heterocycles. The molecule has 0 unspecified atom stereocenters. The number of benzene rings is 1. The first-order valence-electron chi connectivity index (χ1n) is 8.10. The van der Waals surface area contributed by atoms with Crippen molar-refractivity contribution in [3.05, 3.63) is 35.4 Å². The molecule has 2 nitrogen and oxygen atoms in total. The first-order chi connectivity index (χ1) is 9.59. The van der Waals surface area contributed by atoms with E-state index in [0.717, 1.165) is 19.6 Å². The number of nitrogens with one attached hydrogen (secondary N) is 1. The average molecular weight is 274 g/mol. The fourth-order valence-corrected chi connectivity index (χ4v) is 2.93. The van der Waals surface area contributed by atoms with Gasteiger partial charge < -0.3 is 5.32 Å². The van der Waals surface area contributed by atoms with Crippen LogP contribution < -0.4 is 5.32 Å². The van der Waals surface area contributed by atoms with Crippen molar-refractivity contribution in [2.45, 2.75) is 53.1 Å². The van der Waals surface area contributed by atoms with E-state index in [9.17, 15) is 0 Å². The smallest absolute Gasteiger partial charge is 0.0233 e. The summed E-state index contributed by atoms with van der Waals surface area (Å²) in [5, 5.41) is 3.37. The van der Waals surface area contributed by atoms with Gasteiger partial charge in [0.05, 0.1) is 0 Å². The number of hydrogen-bond acceptors (Lipinski definition) is 2. The van der Waals surface area contributed by atoms with E-state index in [-0.39, 0.29) is 0 Å². The zero-order valence-corrected chi connectivity index (χ0v) is 13.4. The van der Waals surface area contributed by atoms with Crippen LogP contribution in [0.5, 0.6) is 0 Å². The Kier molecular flexibility index (Phi) is 5.62. The minimum Gasteiger partial charge on any atom is -0.313 e. The molecule has 0 atom stereocenters. The van der Waals surface area contributed by atoms with Gasteiger partial charge in [0.15, 0.2) is 0 Å². The predicted octanol–water partition coefficient (Wildman–Crippen LogP) is 3.81. The number of rotatable bonds is 5. The van der Waals surface area contributed by atoms with Crippen LogP contribution in [0.3, 0.4) is 0 Å². The van der Waals surface area contributed by atoms with Crippen molar-refractivity contribution in [2.24, 2.45) is 5.41 Å². The molecule has 0 aromatic heterocycles. The zero-order valence-electron chi connectivity index (χ0n) is 13.4. The molecule has 112 valence electrons. The van der Waals surface area contributed by atoms with E-state index in [1.165, 1.54) is 43.5 Å². The Morgan fingerprint density at radius 3 is 2.45 bits per heavy atom. The summed E-state index contributed by atoms with van der Waals surface area (Å²) in [7, 11) is 0. The van der Waals surface area contributed by atoms with Gasteiger partial charge in [0.2, 0.25) is 0 Å². The topological polar surface area (TPSA) is 15.3 Å². The molecule has 0 radical (unpaired) electrons. The van der Waals surface area contributed by atoms with Gasteiger partial charge in [0, 0.05) is 13.1 Å². The SMILES string of the molecule is CCNCc1ccc(CN2CCCC(C)(C)CC2)cc1. The number of hydrogen-bond donors (Lipinski definition) is 1. The Morgan fingerprint density at radius 1 is 1.05 bits per heavy atom. The monoisotopic (exact) mass is 274 g/mol. The molecule has 0 spiro atoms. The van der Waals surface area contributed by atoms with Crippen molar-refractivity contribution in [2.75, 3.05) is 19.6 Å². The van der Waals surface area contributed by atoms with Crippen LogP contribution >= 0.6 is 0 Å². The Labute approximate surface area is 124 Å². The lowest BCUT2D eigenvalue weighted by atomic mass is 9.85. The Morgan fingerprint density at radius 2 is 1.75 bits per heavy atom. The number of nitrogens with zero attached hydrogens (tertiary/aromatic N) is 1. The van der Waals surface area contributed by atoms with Gasteiger partial charge >= 0.3 is 0 Å². The Bertz CT molecular complexity index is 394. The van der Waals surface area contributed by atoms with E-state index in [1.807, 2.05) is 0 Å². The maximum Gasteiger partial charge on any atom is 0.0233 e. The predicted molar refractivity (Wildman–Crippen MR) is 86.7 cm³/mol. The Balaban J connectivity index is 1.86. The lowest BCUT2D eigenvalue weighted by molar-refractivity contribution is 0.256. The molecule has 1 fully saturated rings. The minimum absolute atomic E-state index is 0.532. The summed E-state index contributed by atoms with van der Waals surface area (Å²) in [5.74, 6) is 0. The summed E-state index contributed by atoms with van der Waals surface area (Å²) in [6.07, 6.45) is 4.03. The molecule has 20 heavy (non-hydrogen) atoms. The summed E-state index contributed by atoms with van der Waals surface area (Å²) in [4.78, 5) is 2.62. The van der Waals surface area contributed by atoms with Crippen molar-refractivity contribution in [3.63, 3.8) is 0 Å². The highest BCUT2D eigenvalue weighted by molar-refractivity contribution is 5.22.